The number of amides is 2. The molecule has 0 unspecified atom stereocenters. The molecule has 24 heavy (non-hydrogen) atoms. The molecule has 2 amide bonds. The fourth-order valence-corrected chi connectivity index (χ4v) is 2.93. The molecule has 0 aliphatic carbocycles. The van der Waals surface area contributed by atoms with E-state index in [1.54, 1.807) is 12.3 Å². The van der Waals surface area contributed by atoms with Gasteiger partial charge in [0.05, 0.1) is 12.8 Å². The first kappa shape index (κ1) is 16.3. The van der Waals surface area contributed by atoms with E-state index in [9.17, 15) is 4.79 Å². The number of anilines is 1. The molecule has 3 heterocycles. The number of hydrogen-bond donors (Lipinski definition) is 2. The summed E-state index contributed by atoms with van der Waals surface area (Å²) in [6.45, 7) is 6.04. The standard InChI is InChI=1S/C17H23N5O2/c1-12-10-16(20-13(2)19-12)22-7-5-14(6-8-22)21-17(23)18-11-15-4-3-9-24-15/h3-4,9-10,14H,5-8,11H2,1-2H3,(H2,18,21,23). The number of furan rings is 1. The summed E-state index contributed by atoms with van der Waals surface area (Å²) < 4.78 is 5.19. The summed E-state index contributed by atoms with van der Waals surface area (Å²) in [7, 11) is 0. The Hall–Kier alpha value is -2.57. The third-order valence-electron chi connectivity index (χ3n) is 4.11. The molecule has 7 heteroatoms. The van der Waals surface area contributed by atoms with Crippen molar-refractivity contribution in [3.05, 3.63) is 41.7 Å². The van der Waals surface area contributed by atoms with Crippen LogP contribution < -0.4 is 15.5 Å². The van der Waals surface area contributed by atoms with Gasteiger partial charge in [-0.25, -0.2) is 14.8 Å². The maximum atomic E-state index is 11.9. The molecule has 1 saturated heterocycles. The maximum Gasteiger partial charge on any atom is 0.315 e. The van der Waals surface area contributed by atoms with Crippen molar-refractivity contribution in [2.45, 2.75) is 39.3 Å². The Morgan fingerprint density at radius 2 is 2.12 bits per heavy atom. The molecule has 2 aromatic heterocycles. The topological polar surface area (TPSA) is 83.3 Å². The van der Waals surface area contributed by atoms with Crippen LogP contribution in [-0.4, -0.2) is 35.1 Å². The fourth-order valence-electron chi connectivity index (χ4n) is 2.93. The Kier molecular flexibility index (Phi) is 4.98. The number of rotatable bonds is 4. The van der Waals surface area contributed by atoms with Crippen LogP contribution >= 0.6 is 0 Å². The van der Waals surface area contributed by atoms with Crippen LogP contribution in [0.15, 0.2) is 28.9 Å². The van der Waals surface area contributed by atoms with Crippen LogP contribution in [-0.2, 0) is 6.54 Å². The minimum atomic E-state index is -0.154. The average Bonchev–Trinajstić information content (AvgIpc) is 3.06. The van der Waals surface area contributed by atoms with Crippen molar-refractivity contribution in [1.29, 1.82) is 0 Å². The first-order valence-electron chi connectivity index (χ1n) is 8.24. The molecule has 1 aliphatic heterocycles. The van der Waals surface area contributed by atoms with Crippen LogP contribution in [0.1, 0.15) is 30.1 Å². The third-order valence-corrected chi connectivity index (χ3v) is 4.11. The number of nitrogens with zero attached hydrogens (tertiary/aromatic N) is 3. The zero-order chi connectivity index (χ0) is 16.9. The predicted molar refractivity (Wildman–Crippen MR) is 90.8 cm³/mol. The van der Waals surface area contributed by atoms with Gasteiger partial charge in [0.25, 0.3) is 0 Å². The maximum absolute atomic E-state index is 11.9. The summed E-state index contributed by atoms with van der Waals surface area (Å²) in [5.41, 5.74) is 0.982. The number of aryl methyl sites for hydroxylation is 2. The van der Waals surface area contributed by atoms with E-state index in [0.717, 1.165) is 49.0 Å². The molecule has 7 nitrogen and oxygen atoms in total. The number of urea groups is 1. The molecule has 0 radical (unpaired) electrons. The van der Waals surface area contributed by atoms with Crippen LogP contribution in [0.4, 0.5) is 10.6 Å². The third kappa shape index (κ3) is 4.24. The quantitative estimate of drug-likeness (QED) is 0.898. The highest BCUT2D eigenvalue weighted by atomic mass is 16.3. The lowest BCUT2D eigenvalue weighted by Crippen LogP contribution is -2.48. The molecule has 0 spiro atoms. The lowest BCUT2D eigenvalue weighted by molar-refractivity contribution is 0.233. The molecule has 1 aliphatic rings. The summed E-state index contributed by atoms with van der Waals surface area (Å²) in [6.07, 6.45) is 3.40. The monoisotopic (exact) mass is 329 g/mol. The zero-order valence-corrected chi connectivity index (χ0v) is 14.1. The van der Waals surface area contributed by atoms with Gasteiger partial charge in [-0.1, -0.05) is 0 Å². The van der Waals surface area contributed by atoms with Crippen molar-refractivity contribution in [1.82, 2.24) is 20.6 Å². The van der Waals surface area contributed by atoms with E-state index in [4.69, 9.17) is 4.42 Å². The van der Waals surface area contributed by atoms with Crippen LogP contribution in [0.5, 0.6) is 0 Å². The highest BCUT2D eigenvalue weighted by Gasteiger charge is 2.22. The van der Waals surface area contributed by atoms with Gasteiger partial charge in [-0.2, -0.15) is 0 Å². The average molecular weight is 329 g/mol. The number of hydrogen-bond acceptors (Lipinski definition) is 5. The van der Waals surface area contributed by atoms with Gasteiger partial charge in [0, 0.05) is 30.9 Å². The zero-order valence-electron chi connectivity index (χ0n) is 14.1. The minimum Gasteiger partial charge on any atom is -0.467 e. The van der Waals surface area contributed by atoms with E-state index in [2.05, 4.69) is 25.5 Å². The molecule has 2 N–H and O–H groups in total. The first-order chi connectivity index (χ1) is 11.6. The Morgan fingerprint density at radius 1 is 1.33 bits per heavy atom. The largest absolute Gasteiger partial charge is 0.467 e. The second kappa shape index (κ2) is 7.33. The number of carbonyl (C=O) groups is 1. The van der Waals surface area contributed by atoms with Crippen molar-refractivity contribution in [3.63, 3.8) is 0 Å². The summed E-state index contributed by atoms with van der Waals surface area (Å²) in [6, 6.07) is 5.68. The summed E-state index contributed by atoms with van der Waals surface area (Å²) >= 11 is 0. The first-order valence-corrected chi connectivity index (χ1v) is 8.24. The fraction of sp³-hybridized carbons (Fsp3) is 0.471. The van der Waals surface area contributed by atoms with E-state index in [-0.39, 0.29) is 12.1 Å². The smallest absolute Gasteiger partial charge is 0.315 e. The SMILES string of the molecule is Cc1cc(N2CCC(NC(=O)NCc3ccco3)CC2)nc(C)n1. The molecule has 0 aromatic carbocycles. The number of nitrogens with one attached hydrogen (secondary N) is 2. The van der Waals surface area contributed by atoms with Crippen LogP contribution in [0.25, 0.3) is 0 Å². The van der Waals surface area contributed by atoms with Crippen molar-refractivity contribution < 1.29 is 9.21 Å². The summed E-state index contributed by atoms with van der Waals surface area (Å²) in [5, 5.41) is 5.84. The van der Waals surface area contributed by atoms with Gasteiger partial charge in [0.1, 0.15) is 17.4 Å². The van der Waals surface area contributed by atoms with E-state index < -0.39 is 0 Å². The van der Waals surface area contributed by atoms with Crippen molar-refractivity contribution in [3.8, 4) is 0 Å². The number of aromatic nitrogens is 2. The van der Waals surface area contributed by atoms with E-state index in [1.807, 2.05) is 26.0 Å². The molecular formula is C17H23N5O2. The number of piperidine rings is 1. The second-order valence-electron chi connectivity index (χ2n) is 6.08. The van der Waals surface area contributed by atoms with Gasteiger partial charge in [-0.15, -0.1) is 0 Å². The molecule has 0 saturated carbocycles. The Bertz CT molecular complexity index is 658. The van der Waals surface area contributed by atoms with Gasteiger partial charge in [0.2, 0.25) is 0 Å². The summed E-state index contributed by atoms with van der Waals surface area (Å²) in [5.74, 6) is 2.51. The lowest BCUT2D eigenvalue weighted by Gasteiger charge is -2.33. The second-order valence-corrected chi connectivity index (χ2v) is 6.08. The Morgan fingerprint density at radius 3 is 2.79 bits per heavy atom. The van der Waals surface area contributed by atoms with Crippen molar-refractivity contribution in [2.24, 2.45) is 0 Å². The molecular weight excluding hydrogens is 306 g/mol. The molecule has 0 atom stereocenters. The molecule has 1 fully saturated rings. The van der Waals surface area contributed by atoms with Gasteiger partial charge >= 0.3 is 6.03 Å². The molecule has 3 rings (SSSR count). The Labute approximate surface area is 141 Å². The Balaban J connectivity index is 1.45. The predicted octanol–water partition coefficient (Wildman–Crippen LogP) is 2.15. The number of carbonyl (C=O) groups excluding carboxylic acids is 1. The van der Waals surface area contributed by atoms with Crippen molar-refractivity contribution >= 4 is 11.8 Å². The normalized spacial score (nSPS) is 15.3. The van der Waals surface area contributed by atoms with Gasteiger partial charge in [-0.3, -0.25) is 0 Å². The minimum absolute atomic E-state index is 0.154. The van der Waals surface area contributed by atoms with Gasteiger partial charge < -0.3 is 20.0 Å². The van der Waals surface area contributed by atoms with Gasteiger partial charge in [-0.05, 0) is 38.8 Å². The van der Waals surface area contributed by atoms with Crippen LogP contribution in [0.2, 0.25) is 0 Å². The van der Waals surface area contributed by atoms with Crippen molar-refractivity contribution in [2.75, 3.05) is 18.0 Å². The van der Waals surface area contributed by atoms with Gasteiger partial charge in [0.15, 0.2) is 0 Å². The lowest BCUT2D eigenvalue weighted by atomic mass is 10.1. The molecule has 128 valence electrons. The van der Waals surface area contributed by atoms with Crippen LogP contribution in [0.3, 0.4) is 0 Å². The van der Waals surface area contributed by atoms with E-state index in [0.29, 0.717) is 6.54 Å². The highest BCUT2D eigenvalue weighted by Crippen LogP contribution is 2.18. The van der Waals surface area contributed by atoms with E-state index in [1.165, 1.54) is 0 Å². The molecule has 0 bridgehead atoms. The summed E-state index contributed by atoms with van der Waals surface area (Å²) in [4.78, 5) is 23.0. The van der Waals surface area contributed by atoms with Crippen LogP contribution in [0, 0.1) is 13.8 Å². The highest BCUT2D eigenvalue weighted by molar-refractivity contribution is 5.74. The molecule has 2 aromatic rings. The van der Waals surface area contributed by atoms with E-state index >= 15 is 0 Å².